The molecular weight excluding hydrogens is 406 g/mol. The van der Waals surface area contributed by atoms with Gasteiger partial charge in [0.2, 0.25) is 0 Å². The number of hydrogen-bond acceptors (Lipinski definition) is 7. The van der Waals surface area contributed by atoms with Gasteiger partial charge < -0.3 is 14.8 Å². The van der Waals surface area contributed by atoms with Crippen LogP contribution in [0.2, 0.25) is 5.02 Å². The normalized spacial score (nSPS) is 12.3. The van der Waals surface area contributed by atoms with Crippen LogP contribution < -0.4 is 5.32 Å². The molecule has 1 N–H and O–H groups in total. The number of carbonyl (C=O) groups is 2. The lowest BCUT2D eigenvalue weighted by molar-refractivity contribution is -0.150. The van der Waals surface area contributed by atoms with Crippen LogP contribution >= 0.6 is 11.6 Å². The second kappa shape index (κ2) is 9.57. The van der Waals surface area contributed by atoms with E-state index in [0.29, 0.717) is 16.3 Å². The third-order valence-electron chi connectivity index (χ3n) is 3.99. The first kappa shape index (κ1) is 21.7. The number of esters is 2. The van der Waals surface area contributed by atoms with Crippen LogP contribution in [0, 0.1) is 0 Å². The maximum atomic E-state index is 13.2. The van der Waals surface area contributed by atoms with E-state index in [9.17, 15) is 18.0 Å². The highest BCUT2D eigenvalue weighted by Gasteiger charge is 2.46. The van der Waals surface area contributed by atoms with Crippen molar-refractivity contribution in [3.05, 3.63) is 65.2 Å². The van der Waals surface area contributed by atoms with Crippen molar-refractivity contribution >= 4 is 39.1 Å². The summed E-state index contributed by atoms with van der Waals surface area (Å²) in [5.74, 6) is -2.41. The number of carbonyl (C=O) groups excluding carboxylic acids is 2. The summed E-state index contributed by atoms with van der Waals surface area (Å²) in [6.45, 7) is 0. The molecule has 0 aliphatic carbocycles. The van der Waals surface area contributed by atoms with Crippen molar-refractivity contribution in [2.45, 2.75) is 17.0 Å². The lowest BCUT2D eigenvalue weighted by Gasteiger charge is -2.24. The summed E-state index contributed by atoms with van der Waals surface area (Å²) >= 11 is 5.87. The Bertz CT molecular complexity index is 899. The van der Waals surface area contributed by atoms with Crippen LogP contribution in [0.5, 0.6) is 0 Å². The number of hydrogen-bond donors (Lipinski definition) is 1. The molecule has 1 unspecified atom stereocenters. The Balaban J connectivity index is 2.46. The van der Waals surface area contributed by atoms with Crippen LogP contribution in [-0.2, 0) is 35.3 Å². The van der Waals surface area contributed by atoms with Crippen LogP contribution in [0.4, 0.5) is 5.69 Å². The van der Waals surface area contributed by atoms with E-state index >= 15 is 0 Å². The molecule has 28 heavy (non-hydrogen) atoms. The van der Waals surface area contributed by atoms with Gasteiger partial charge in [-0.1, -0.05) is 41.9 Å². The van der Waals surface area contributed by atoms with E-state index in [0.717, 1.165) is 14.2 Å². The van der Waals surface area contributed by atoms with E-state index in [2.05, 4.69) is 14.8 Å². The van der Waals surface area contributed by atoms with Gasteiger partial charge in [0.15, 0.2) is 9.84 Å². The average Bonchev–Trinajstić information content (AvgIpc) is 2.69. The minimum atomic E-state index is -4.39. The molecule has 0 fully saturated rings. The summed E-state index contributed by atoms with van der Waals surface area (Å²) < 4.78 is 35.5. The summed E-state index contributed by atoms with van der Waals surface area (Å²) in [5, 5.41) is -0.0405. The van der Waals surface area contributed by atoms with Crippen LogP contribution in [0.3, 0.4) is 0 Å². The molecule has 0 spiro atoms. The molecular formula is C19H20ClNO6S. The number of anilines is 1. The predicted molar refractivity (Wildman–Crippen MR) is 106 cm³/mol. The van der Waals surface area contributed by atoms with Crippen molar-refractivity contribution in [2.75, 3.05) is 19.5 Å². The van der Waals surface area contributed by atoms with Crippen molar-refractivity contribution < 1.29 is 27.5 Å². The smallest absolute Gasteiger partial charge is 0.335 e. The van der Waals surface area contributed by atoms with Gasteiger partial charge in [-0.05, 0) is 29.8 Å². The molecule has 0 aliphatic heterocycles. The summed E-state index contributed by atoms with van der Waals surface area (Å²) in [7, 11) is -2.37. The number of methoxy groups -OCH3 is 2. The Labute approximate surface area is 168 Å². The van der Waals surface area contributed by atoms with Gasteiger partial charge in [0.05, 0.1) is 14.2 Å². The average molecular weight is 426 g/mol. The number of ether oxygens (including phenoxy) is 2. The Morgan fingerprint density at radius 2 is 1.50 bits per heavy atom. The van der Waals surface area contributed by atoms with Gasteiger partial charge in [0, 0.05) is 17.1 Å². The van der Waals surface area contributed by atoms with E-state index in [-0.39, 0.29) is 6.42 Å². The van der Waals surface area contributed by atoms with Gasteiger partial charge >= 0.3 is 11.9 Å². The Hall–Kier alpha value is -2.58. The van der Waals surface area contributed by atoms with Crippen molar-refractivity contribution in [3.63, 3.8) is 0 Å². The van der Waals surface area contributed by atoms with E-state index in [4.69, 9.17) is 11.6 Å². The zero-order chi connectivity index (χ0) is 20.7. The topological polar surface area (TPSA) is 98.8 Å². The second-order valence-corrected chi connectivity index (χ2v) is 8.50. The first-order chi connectivity index (χ1) is 13.3. The van der Waals surface area contributed by atoms with Crippen LogP contribution in [0.15, 0.2) is 54.6 Å². The molecule has 2 aromatic rings. The fourth-order valence-electron chi connectivity index (χ4n) is 2.55. The molecule has 9 heteroatoms. The van der Waals surface area contributed by atoms with Crippen LogP contribution in [0.1, 0.15) is 5.56 Å². The first-order valence-corrected chi connectivity index (χ1v) is 10.2. The lowest BCUT2D eigenvalue weighted by Crippen LogP contribution is -2.47. The minimum Gasteiger partial charge on any atom is -0.468 e. The van der Waals surface area contributed by atoms with Crippen molar-refractivity contribution in [3.8, 4) is 0 Å². The Kier molecular flexibility index (Phi) is 7.42. The van der Waals surface area contributed by atoms with E-state index in [1.54, 1.807) is 54.6 Å². The molecule has 0 saturated carbocycles. The van der Waals surface area contributed by atoms with Gasteiger partial charge in [-0.15, -0.1) is 0 Å². The quantitative estimate of drug-likeness (QED) is 0.512. The molecule has 0 heterocycles. The van der Waals surface area contributed by atoms with Crippen LogP contribution in [-0.4, -0.2) is 45.2 Å². The molecule has 150 valence electrons. The monoisotopic (exact) mass is 425 g/mol. The first-order valence-electron chi connectivity index (χ1n) is 8.24. The van der Waals surface area contributed by atoms with Crippen LogP contribution in [0.25, 0.3) is 0 Å². The highest BCUT2D eigenvalue weighted by Crippen LogP contribution is 2.22. The summed E-state index contributed by atoms with van der Waals surface area (Å²) in [4.78, 5) is 24.1. The molecule has 7 nitrogen and oxygen atoms in total. The van der Waals surface area contributed by atoms with E-state index in [1.807, 2.05) is 0 Å². The number of rotatable bonds is 8. The molecule has 0 aliphatic rings. The highest BCUT2D eigenvalue weighted by molar-refractivity contribution is 7.94. The Morgan fingerprint density at radius 3 is 2.00 bits per heavy atom. The van der Waals surface area contributed by atoms with Crippen molar-refractivity contribution in [2.24, 2.45) is 0 Å². The number of halogens is 1. The number of nitrogens with one attached hydrogen (secondary N) is 1. The molecule has 0 amide bonds. The molecule has 2 aromatic carbocycles. The van der Waals surface area contributed by atoms with Gasteiger partial charge in [-0.2, -0.15) is 0 Å². The summed E-state index contributed by atoms with van der Waals surface area (Å²) in [5.41, 5.74) is 1.16. The molecule has 1 atom stereocenters. The maximum Gasteiger partial charge on any atom is 0.335 e. The van der Waals surface area contributed by atoms with Gasteiger partial charge in [-0.3, -0.25) is 9.59 Å². The SMILES string of the molecule is COC(=O)C(C(=O)OC)S(=O)(=O)C(Cc1ccccc1)Nc1ccc(Cl)cc1. The minimum absolute atomic E-state index is 0.0102. The second-order valence-electron chi connectivity index (χ2n) is 5.84. The number of benzene rings is 2. The molecule has 0 bridgehead atoms. The van der Waals surface area contributed by atoms with Gasteiger partial charge in [-0.25, -0.2) is 8.42 Å². The van der Waals surface area contributed by atoms with Crippen molar-refractivity contribution in [1.82, 2.24) is 0 Å². The molecule has 2 rings (SSSR count). The summed E-state index contributed by atoms with van der Waals surface area (Å²) in [6.07, 6.45) is 0.0102. The standard InChI is InChI=1S/C19H20ClNO6S/c1-26-18(22)17(19(23)27-2)28(24,25)16(12-13-6-4-3-5-7-13)21-15-10-8-14(20)9-11-15/h3-11,16-17,21H,12H2,1-2H3. The highest BCUT2D eigenvalue weighted by atomic mass is 35.5. The van der Waals surface area contributed by atoms with E-state index in [1.165, 1.54) is 0 Å². The number of sulfone groups is 1. The largest absolute Gasteiger partial charge is 0.468 e. The molecule has 0 saturated heterocycles. The maximum absolute atomic E-state index is 13.2. The zero-order valence-electron chi connectivity index (χ0n) is 15.3. The third kappa shape index (κ3) is 5.24. The van der Waals surface area contributed by atoms with E-state index < -0.39 is 32.4 Å². The van der Waals surface area contributed by atoms with Gasteiger partial charge in [0.1, 0.15) is 5.37 Å². The zero-order valence-corrected chi connectivity index (χ0v) is 16.9. The fourth-order valence-corrected chi connectivity index (χ4v) is 4.46. The van der Waals surface area contributed by atoms with Gasteiger partial charge in [0.25, 0.3) is 5.25 Å². The fraction of sp³-hybridized carbons (Fsp3) is 0.263. The third-order valence-corrected chi connectivity index (χ3v) is 6.36. The van der Waals surface area contributed by atoms with Crippen molar-refractivity contribution in [1.29, 1.82) is 0 Å². The lowest BCUT2D eigenvalue weighted by atomic mass is 10.1. The molecule has 0 radical (unpaired) electrons. The Morgan fingerprint density at radius 1 is 0.964 bits per heavy atom. The summed E-state index contributed by atoms with van der Waals surface area (Å²) in [6, 6.07) is 15.2. The predicted octanol–water partition coefficient (Wildman–Crippen LogP) is 2.45. The molecule has 0 aromatic heterocycles.